The van der Waals surface area contributed by atoms with E-state index in [0.717, 1.165) is 12.8 Å². The molecule has 64 valence electrons. The lowest BCUT2D eigenvalue weighted by atomic mass is 10.1. The SMILES string of the molecule is C[C@@]1(O)C[C@@H]1Cc1ccccc1. The number of hydrogen-bond acceptors (Lipinski definition) is 1. The molecule has 0 aliphatic heterocycles. The highest BCUT2D eigenvalue weighted by Crippen LogP contribution is 2.44. The number of hydrogen-bond donors (Lipinski definition) is 1. The smallest absolute Gasteiger partial charge is 0.0655 e. The second-order valence-electron chi connectivity index (χ2n) is 3.95. The summed E-state index contributed by atoms with van der Waals surface area (Å²) in [7, 11) is 0. The third kappa shape index (κ3) is 1.51. The second-order valence-corrected chi connectivity index (χ2v) is 3.95. The molecule has 1 aromatic carbocycles. The summed E-state index contributed by atoms with van der Waals surface area (Å²) in [6.07, 6.45) is 1.98. The van der Waals surface area contributed by atoms with E-state index in [1.165, 1.54) is 5.56 Å². The summed E-state index contributed by atoms with van der Waals surface area (Å²) in [6.45, 7) is 1.92. The molecule has 12 heavy (non-hydrogen) atoms. The van der Waals surface area contributed by atoms with E-state index in [4.69, 9.17) is 0 Å². The molecule has 0 unspecified atom stereocenters. The van der Waals surface area contributed by atoms with E-state index in [9.17, 15) is 5.11 Å². The third-order valence-electron chi connectivity index (χ3n) is 2.70. The average Bonchev–Trinajstić information content (AvgIpc) is 2.61. The Morgan fingerprint density at radius 3 is 2.50 bits per heavy atom. The van der Waals surface area contributed by atoms with Gasteiger partial charge in [-0.1, -0.05) is 30.3 Å². The summed E-state index contributed by atoms with van der Waals surface area (Å²) in [5.41, 5.74) is 0.954. The first-order valence-corrected chi connectivity index (χ1v) is 4.45. The molecular formula is C11H14O. The van der Waals surface area contributed by atoms with Gasteiger partial charge >= 0.3 is 0 Å². The Morgan fingerprint density at radius 1 is 1.42 bits per heavy atom. The molecule has 0 heterocycles. The standard InChI is InChI=1S/C11H14O/c1-11(12)8-10(11)7-9-5-3-2-4-6-9/h2-6,10,12H,7-8H2,1H3/t10-,11+/m0/s1. The molecule has 1 N–H and O–H groups in total. The zero-order valence-electron chi connectivity index (χ0n) is 7.33. The minimum absolute atomic E-state index is 0.379. The van der Waals surface area contributed by atoms with Crippen molar-refractivity contribution in [1.29, 1.82) is 0 Å². The van der Waals surface area contributed by atoms with Crippen LogP contribution < -0.4 is 0 Å². The molecule has 1 aliphatic carbocycles. The van der Waals surface area contributed by atoms with Gasteiger partial charge in [-0.05, 0) is 31.2 Å². The fourth-order valence-electron chi connectivity index (χ4n) is 1.63. The maximum atomic E-state index is 9.55. The van der Waals surface area contributed by atoms with E-state index in [-0.39, 0.29) is 5.60 Å². The molecule has 0 spiro atoms. The maximum absolute atomic E-state index is 9.55. The Bertz CT molecular complexity index is 264. The van der Waals surface area contributed by atoms with Crippen molar-refractivity contribution >= 4 is 0 Å². The molecule has 0 amide bonds. The van der Waals surface area contributed by atoms with Crippen LogP contribution in [0.5, 0.6) is 0 Å². The zero-order valence-corrected chi connectivity index (χ0v) is 7.33. The molecule has 1 nitrogen and oxygen atoms in total. The van der Waals surface area contributed by atoms with E-state index in [1.807, 2.05) is 25.1 Å². The number of rotatable bonds is 2. The lowest BCUT2D eigenvalue weighted by Gasteiger charge is -2.02. The first-order valence-electron chi connectivity index (χ1n) is 4.45. The van der Waals surface area contributed by atoms with Crippen LogP contribution in [-0.4, -0.2) is 10.7 Å². The predicted molar refractivity (Wildman–Crippen MR) is 48.9 cm³/mol. The van der Waals surface area contributed by atoms with Crippen molar-refractivity contribution < 1.29 is 5.11 Å². The van der Waals surface area contributed by atoms with Crippen molar-refractivity contribution in [3.8, 4) is 0 Å². The van der Waals surface area contributed by atoms with Crippen LogP contribution in [0.4, 0.5) is 0 Å². The van der Waals surface area contributed by atoms with Gasteiger partial charge in [-0.25, -0.2) is 0 Å². The highest BCUT2D eigenvalue weighted by molar-refractivity contribution is 5.18. The fraction of sp³-hybridized carbons (Fsp3) is 0.455. The van der Waals surface area contributed by atoms with Gasteiger partial charge in [0.05, 0.1) is 5.60 Å². The molecule has 0 radical (unpaired) electrons. The van der Waals surface area contributed by atoms with Crippen molar-refractivity contribution in [1.82, 2.24) is 0 Å². The molecule has 2 rings (SSSR count). The van der Waals surface area contributed by atoms with E-state index >= 15 is 0 Å². The van der Waals surface area contributed by atoms with Gasteiger partial charge in [0.2, 0.25) is 0 Å². The molecule has 1 heteroatoms. The van der Waals surface area contributed by atoms with Gasteiger partial charge in [-0.15, -0.1) is 0 Å². The molecule has 1 aliphatic rings. The van der Waals surface area contributed by atoms with Gasteiger partial charge in [-0.2, -0.15) is 0 Å². The van der Waals surface area contributed by atoms with E-state index in [2.05, 4.69) is 12.1 Å². The van der Waals surface area contributed by atoms with Gasteiger partial charge in [-0.3, -0.25) is 0 Å². The monoisotopic (exact) mass is 162 g/mol. The van der Waals surface area contributed by atoms with Gasteiger partial charge in [0.1, 0.15) is 0 Å². The van der Waals surface area contributed by atoms with E-state index in [1.54, 1.807) is 0 Å². The Morgan fingerprint density at radius 2 is 2.00 bits per heavy atom. The van der Waals surface area contributed by atoms with Crippen LogP contribution in [0.15, 0.2) is 30.3 Å². The summed E-state index contributed by atoms with van der Waals surface area (Å²) < 4.78 is 0. The molecule has 0 bridgehead atoms. The Labute approximate surface area is 73.0 Å². The molecule has 1 saturated carbocycles. The predicted octanol–water partition coefficient (Wildman–Crippen LogP) is 2.00. The highest BCUT2D eigenvalue weighted by atomic mass is 16.3. The van der Waals surface area contributed by atoms with Crippen LogP contribution in [0.25, 0.3) is 0 Å². The lowest BCUT2D eigenvalue weighted by Crippen LogP contribution is -2.05. The Balaban J connectivity index is 1.98. The number of benzene rings is 1. The summed E-state index contributed by atoms with van der Waals surface area (Å²) >= 11 is 0. The highest BCUT2D eigenvalue weighted by Gasteiger charge is 2.47. The van der Waals surface area contributed by atoms with Gasteiger partial charge in [0, 0.05) is 0 Å². The molecule has 0 saturated heterocycles. The van der Waals surface area contributed by atoms with Crippen LogP contribution >= 0.6 is 0 Å². The zero-order chi connectivity index (χ0) is 8.60. The van der Waals surface area contributed by atoms with E-state index < -0.39 is 0 Å². The average molecular weight is 162 g/mol. The van der Waals surface area contributed by atoms with Crippen LogP contribution in [-0.2, 0) is 6.42 Å². The van der Waals surface area contributed by atoms with Crippen molar-refractivity contribution in [2.45, 2.75) is 25.4 Å². The summed E-state index contributed by atoms with van der Waals surface area (Å²) in [4.78, 5) is 0. The minimum Gasteiger partial charge on any atom is -0.390 e. The third-order valence-corrected chi connectivity index (χ3v) is 2.70. The topological polar surface area (TPSA) is 20.2 Å². The first kappa shape index (κ1) is 7.81. The summed E-state index contributed by atoms with van der Waals surface area (Å²) in [5.74, 6) is 0.486. The van der Waals surface area contributed by atoms with Crippen LogP contribution in [0.2, 0.25) is 0 Å². The minimum atomic E-state index is -0.379. The van der Waals surface area contributed by atoms with Crippen molar-refractivity contribution in [3.63, 3.8) is 0 Å². The summed E-state index contributed by atoms with van der Waals surface area (Å²) in [5, 5.41) is 9.55. The van der Waals surface area contributed by atoms with Gasteiger partial charge in [0.25, 0.3) is 0 Å². The summed E-state index contributed by atoms with van der Waals surface area (Å²) in [6, 6.07) is 10.4. The van der Waals surface area contributed by atoms with Crippen molar-refractivity contribution in [3.05, 3.63) is 35.9 Å². The van der Waals surface area contributed by atoms with Crippen molar-refractivity contribution in [2.24, 2.45) is 5.92 Å². The molecule has 1 aromatic rings. The molecule has 1 fully saturated rings. The lowest BCUT2D eigenvalue weighted by molar-refractivity contribution is 0.152. The maximum Gasteiger partial charge on any atom is 0.0655 e. The Hall–Kier alpha value is -0.820. The van der Waals surface area contributed by atoms with Crippen LogP contribution in [0.3, 0.4) is 0 Å². The van der Waals surface area contributed by atoms with Gasteiger partial charge < -0.3 is 5.11 Å². The fourth-order valence-corrected chi connectivity index (χ4v) is 1.63. The molecule has 0 aromatic heterocycles. The molecule has 2 atom stereocenters. The van der Waals surface area contributed by atoms with Gasteiger partial charge in [0.15, 0.2) is 0 Å². The quantitative estimate of drug-likeness (QED) is 0.705. The normalized spacial score (nSPS) is 33.3. The number of aliphatic hydroxyl groups is 1. The Kier molecular flexibility index (Phi) is 1.69. The van der Waals surface area contributed by atoms with Crippen molar-refractivity contribution in [2.75, 3.05) is 0 Å². The van der Waals surface area contributed by atoms with Crippen LogP contribution in [0, 0.1) is 5.92 Å². The van der Waals surface area contributed by atoms with E-state index in [0.29, 0.717) is 5.92 Å². The second kappa shape index (κ2) is 2.60. The molecular weight excluding hydrogens is 148 g/mol. The first-order chi connectivity index (χ1) is 5.68. The largest absolute Gasteiger partial charge is 0.390 e. The van der Waals surface area contributed by atoms with Crippen LogP contribution in [0.1, 0.15) is 18.9 Å².